The monoisotopic (exact) mass is 321 g/mol. The molecule has 0 aliphatic rings. The number of hydrogen-bond donors (Lipinski definition) is 2. The molecule has 1 aromatic carbocycles. The number of carbonyl (C=O) groups excluding carboxylic acids is 2. The average molecular weight is 321 g/mol. The second kappa shape index (κ2) is 10.6. The van der Waals surface area contributed by atoms with Gasteiger partial charge in [0.2, 0.25) is 5.91 Å². The highest BCUT2D eigenvalue weighted by Gasteiger charge is 2.08. The molecular formula is C17H27N3O3. The summed E-state index contributed by atoms with van der Waals surface area (Å²) in [5, 5.41) is 5.41. The van der Waals surface area contributed by atoms with E-state index in [-0.39, 0.29) is 18.4 Å². The first-order valence-corrected chi connectivity index (χ1v) is 8.10. The van der Waals surface area contributed by atoms with Gasteiger partial charge in [0, 0.05) is 18.7 Å². The first-order chi connectivity index (χ1) is 11.1. The normalized spacial score (nSPS) is 10.4. The Labute approximate surface area is 138 Å². The van der Waals surface area contributed by atoms with Gasteiger partial charge in [-0.25, -0.2) is 0 Å². The Bertz CT molecular complexity index is 484. The maximum Gasteiger partial charge on any atom is 0.251 e. The van der Waals surface area contributed by atoms with Gasteiger partial charge in [0.05, 0.1) is 13.2 Å². The molecule has 2 amide bonds. The van der Waals surface area contributed by atoms with Gasteiger partial charge in [-0.05, 0) is 44.3 Å². The molecule has 6 heteroatoms. The maximum atomic E-state index is 12.0. The van der Waals surface area contributed by atoms with E-state index in [0.29, 0.717) is 18.7 Å². The van der Waals surface area contributed by atoms with Gasteiger partial charge in [-0.2, -0.15) is 0 Å². The van der Waals surface area contributed by atoms with Gasteiger partial charge in [-0.1, -0.05) is 13.8 Å². The Kier molecular flexibility index (Phi) is 8.75. The van der Waals surface area contributed by atoms with Crippen LogP contribution in [0.1, 0.15) is 31.1 Å². The Balaban J connectivity index is 2.30. The van der Waals surface area contributed by atoms with Crippen LogP contribution in [0.5, 0.6) is 5.75 Å². The van der Waals surface area contributed by atoms with E-state index in [1.807, 2.05) is 6.92 Å². The van der Waals surface area contributed by atoms with Gasteiger partial charge in [0.1, 0.15) is 5.75 Å². The number of nitrogens with zero attached hydrogens (tertiary/aromatic N) is 1. The second-order valence-electron chi connectivity index (χ2n) is 5.02. The summed E-state index contributed by atoms with van der Waals surface area (Å²) in [5.74, 6) is 0.265. The topological polar surface area (TPSA) is 70.7 Å². The molecule has 0 saturated heterocycles. The van der Waals surface area contributed by atoms with Crippen molar-refractivity contribution < 1.29 is 14.3 Å². The summed E-state index contributed by atoms with van der Waals surface area (Å²) < 4.78 is 5.32. The summed E-state index contributed by atoms with van der Waals surface area (Å²) in [6, 6.07) is 6.84. The van der Waals surface area contributed by atoms with Crippen LogP contribution in [0.25, 0.3) is 0 Å². The zero-order valence-corrected chi connectivity index (χ0v) is 14.2. The minimum atomic E-state index is -0.271. The lowest BCUT2D eigenvalue weighted by molar-refractivity contribution is -0.120. The molecule has 0 heterocycles. The Hall–Kier alpha value is -2.08. The fraction of sp³-hybridized carbons (Fsp3) is 0.529. The van der Waals surface area contributed by atoms with Crippen molar-refractivity contribution >= 4 is 11.8 Å². The summed E-state index contributed by atoms with van der Waals surface area (Å²) in [6.07, 6.45) is 0. The van der Waals surface area contributed by atoms with Crippen LogP contribution in [0.2, 0.25) is 0 Å². The third-order valence-electron chi connectivity index (χ3n) is 3.48. The zero-order chi connectivity index (χ0) is 17.1. The van der Waals surface area contributed by atoms with E-state index in [4.69, 9.17) is 4.74 Å². The minimum absolute atomic E-state index is 0.0235. The molecule has 0 atom stereocenters. The molecular weight excluding hydrogens is 294 g/mol. The molecule has 0 aromatic heterocycles. The first-order valence-electron chi connectivity index (χ1n) is 8.10. The number of carbonyl (C=O) groups is 2. The highest BCUT2D eigenvalue weighted by molar-refractivity contribution is 5.96. The van der Waals surface area contributed by atoms with E-state index in [9.17, 15) is 9.59 Å². The molecule has 6 nitrogen and oxygen atoms in total. The van der Waals surface area contributed by atoms with E-state index in [0.717, 1.165) is 25.4 Å². The predicted molar refractivity (Wildman–Crippen MR) is 90.7 cm³/mol. The van der Waals surface area contributed by atoms with Crippen LogP contribution < -0.4 is 15.4 Å². The quantitative estimate of drug-likeness (QED) is 0.681. The lowest BCUT2D eigenvalue weighted by Gasteiger charge is -2.18. The SMILES string of the molecule is CCOc1ccc(C(=O)NCC(=O)NCCN(CC)CC)cc1. The van der Waals surface area contributed by atoms with E-state index in [1.54, 1.807) is 24.3 Å². The summed E-state index contributed by atoms with van der Waals surface area (Å²) >= 11 is 0. The molecule has 0 spiro atoms. The van der Waals surface area contributed by atoms with E-state index in [1.165, 1.54) is 0 Å². The molecule has 0 unspecified atom stereocenters. The average Bonchev–Trinajstić information content (AvgIpc) is 2.57. The van der Waals surface area contributed by atoms with Crippen molar-refractivity contribution in [2.75, 3.05) is 39.3 Å². The molecule has 0 aliphatic heterocycles. The van der Waals surface area contributed by atoms with Crippen molar-refractivity contribution in [1.82, 2.24) is 15.5 Å². The molecule has 0 bridgehead atoms. The Morgan fingerprint density at radius 1 is 1.04 bits per heavy atom. The number of nitrogens with one attached hydrogen (secondary N) is 2. The van der Waals surface area contributed by atoms with Gasteiger partial charge in [-0.3, -0.25) is 9.59 Å². The number of rotatable bonds is 10. The molecule has 1 rings (SSSR count). The molecule has 23 heavy (non-hydrogen) atoms. The van der Waals surface area contributed by atoms with Crippen LogP contribution >= 0.6 is 0 Å². The van der Waals surface area contributed by atoms with Gasteiger partial charge in [-0.15, -0.1) is 0 Å². The number of hydrogen-bond acceptors (Lipinski definition) is 4. The highest BCUT2D eigenvalue weighted by Crippen LogP contribution is 2.11. The summed E-state index contributed by atoms with van der Waals surface area (Å²) in [7, 11) is 0. The summed E-state index contributed by atoms with van der Waals surface area (Å²) in [6.45, 7) is 9.94. The van der Waals surface area contributed by atoms with Crippen molar-refractivity contribution in [3.05, 3.63) is 29.8 Å². The third kappa shape index (κ3) is 7.15. The second-order valence-corrected chi connectivity index (χ2v) is 5.02. The highest BCUT2D eigenvalue weighted by atomic mass is 16.5. The maximum absolute atomic E-state index is 12.0. The van der Waals surface area contributed by atoms with Gasteiger partial charge in [0.15, 0.2) is 0 Å². The molecule has 2 N–H and O–H groups in total. The first kappa shape index (κ1) is 19.0. The van der Waals surface area contributed by atoms with E-state index < -0.39 is 0 Å². The van der Waals surface area contributed by atoms with E-state index in [2.05, 4.69) is 29.4 Å². The minimum Gasteiger partial charge on any atom is -0.494 e. The van der Waals surface area contributed by atoms with Crippen LogP contribution in [-0.4, -0.2) is 56.0 Å². The van der Waals surface area contributed by atoms with Crippen molar-refractivity contribution in [2.24, 2.45) is 0 Å². The van der Waals surface area contributed by atoms with Crippen molar-refractivity contribution in [1.29, 1.82) is 0 Å². The van der Waals surface area contributed by atoms with Crippen molar-refractivity contribution in [2.45, 2.75) is 20.8 Å². The zero-order valence-electron chi connectivity index (χ0n) is 14.2. The lowest BCUT2D eigenvalue weighted by Crippen LogP contribution is -2.40. The molecule has 128 valence electrons. The Morgan fingerprint density at radius 2 is 1.70 bits per heavy atom. The van der Waals surface area contributed by atoms with Crippen molar-refractivity contribution in [3.63, 3.8) is 0 Å². The van der Waals surface area contributed by atoms with Crippen molar-refractivity contribution in [3.8, 4) is 5.75 Å². The van der Waals surface area contributed by atoms with Crippen LogP contribution in [0.4, 0.5) is 0 Å². The number of amides is 2. The standard InChI is InChI=1S/C17H27N3O3/c1-4-20(5-2)12-11-18-16(21)13-19-17(22)14-7-9-15(10-8-14)23-6-3/h7-10H,4-6,11-13H2,1-3H3,(H,18,21)(H,19,22). The van der Waals surface area contributed by atoms with Crippen LogP contribution in [0.15, 0.2) is 24.3 Å². The van der Waals surface area contributed by atoms with Crippen LogP contribution in [0, 0.1) is 0 Å². The van der Waals surface area contributed by atoms with Gasteiger partial charge < -0.3 is 20.3 Å². The van der Waals surface area contributed by atoms with Gasteiger partial charge in [0.25, 0.3) is 5.91 Å². The van der Waals surface area contributed by atoms with Crippen LogP contribution in [0.3, 0.4) is 0 Å². The Morgan fingerprint density at radius 3 is 2.26 bits per heavy atom. The van der Waals surface area contributed by atoms with E-state index >= 15 is 0 Å². The fourth-order valence-electron chi connectivity index (χ4n) is 2.09. The third-order valence-corrected chi connectivity index (χ3v) is 3.48. The predicted octanol–water partition coefficient (Wildman–Crippen LogP) is 1.27. The number of benzene rings is 1. The molecule has 0 saturated carbocycles. The fourth-order valence-corrected chi connectivity index (χ4v) is 2.09. The van der Waals surface area contributed by atoms with Gasteiger partial charge >= 0.3 is 0 Å². The molecule has 0 aliphatic carbocycles. The summed E-state index contributed by atoms with van der Waals surface area (Å²) in [4.78, 5) is 25.9. The molecule has 0 radical (unpaired) electrons. The molecule has 0 fully saturated rings. The largest absolute Gasteiger partial charge is 0.494 e. The molecule has 1 aromatic rings. The van der Waals surface area contributed by atoms with Crippen LogP contribution in [-0.2, 0) is 4.79 Å². The summed E-state index contributed by atoms with van der Waals surface area (Å²) in [5.41, 5.74) is 0.504. The lowest BCUT2D eigenvalue weighted by atomic mass is 10.2. The smallest absolute Gasteiger partial charge is 0.251 e. The number of ether oxygens (including phenoxy) is 1. The number of likely N-dealkylation sites (N-methyl/N-ethyl adjacent to an activating group) is 1.